The van der Waals surface area contributed by atoms with Crippen LogP contribution in [0, 0.1) is 11.3 Å². The smallest absolute Gasteiger partial charge is 0.348 e. The Morgan fingerprint density at radius 2 is 1.95 bits per heavy atom. The molecule has 0 saturated heterocycles. The molecule has 1 aromatic rings. The van der Waals surface area contributed by atoms with E-state index in [0.29, 0.717) is 16.3 Å². The average molecular weight is 307 g/mol. The number of hydrogen-bond acceptors (Lipinski definition) is 4. The normalized spacial score (nSPS) is 23.4. The molecule has 0 unspecified atom stereocenters. The minimum atomic E-state index is -0.273. The molecule has 0 spiro atoms. The number of ether oxygens (including phenoxy) is 1. The van der Waals surface area contributed by atoms with Crippen LogP contribution in [-0.2, 0) is 4.74 Å². The van der Waals surface area contributed by atoms with Gasteiger partial charge in [0.15, 0.2) is 0 Å². The van der Waals surface area contributed by atoms with Crippen molar-refractivity contribution in [2.24, 2.45) is 16.3 Å². The first-order valence-corrected chi connectivity index (χ1v) is 8.43. The molecule has 21 heavy (non-hydrogen) atoms. The fourth-order valence-corrected chi connectivity index (χ4v) is 3.71. The molecule has 2 rings (SSSR count). The van der Waals surface area contributed by atoms with Crippen LogP contribution in [0.1, 0.15) is 61.0 Å². The van der Waals surface area contributed by atoms with Gasteiger partial charge in [0.05, 0.1) is 7.11 Å². The molecule has 0 aliphatic heterocycles. The lowest BCUT2D eigenvalue weighted by Crippen LogP contribution is -2.27. The van der Waals surface area contributed by atoms with Crippen molar-refractivity contribution in [3.8, 4) is 0 Å². The van der Waals surface area contributed by atoms with E-state index in [1.165, 1.54) is 44.1 Å². The monoisotopic (exact) mass is 307 g/mol. The van der Waals surface area contributed by atoms with E-state index in [9.17, 15) is 4.79 Å². The van der Waals surface area contributed by atoms with Crippen molar-refractivity contribution in [2.45, 2.75) is 52.5 Å². The molecule has 0 radical (unpaired) electrons. The second kappa shape index (κ2) is 6.73. The van der Waals surface area contributed by atoms with E-state index >= 15 is 0 Å². The molecular formula is C17H25NO2S. The summed E-state index contributed by atoms with van der Waals surface area (Å²) in [6.07, 6.45) is 6.80. The number of methoxy groups -OCH3 is 1. The van der Waals surface area contributed by atoms with Gasteiger partial charge < -0.3 is 4.74 Å². The Hall–Kier alpha value is -1.16. The maximum absolute atomic E-state index is 11.4. The van der Waals surface area contributed by atoms with E-state index in [0.717, 1.165) is 10.8 Å². The van der Waals surface area contributed by atoms with Crippen LogP contribution in [0.2, 0.25) is 0 Å². The van der Waals surface area contributed by atoms with Gasteiger partial charge >= 0.3 is 5.97 Å². The van der Waals surface area contributed by atoms with Gasteiger partial charge in [-0.3, -0.25) is 4.99 Å². The second-order valence-electron chi connectivity index (χ2n) is 6.84. The summed E-state index contributed by atoms with van der Waals surface area (Å²) in [6, 6.07) is 4.17. The fraction of sp³-hybridized carbons (Fsp3) is 0.647. The van der Waals surface area contributed by atoms with Crippen molar-refractivity contribution in [3.63, 3.8) is 0 Å². The second-order valence-corrected chi connectivity index (χ2v) is 7.96. The number of carbonyl (C=O) groups is 1. The SMILES string of the molecule is COC(=O)c1ccc(C=N[C@H]2CC[C@H](C(C)(C)C)CC2)s1. The Kier molecular flexibility index (Phi) is 5.20. The van der Waals surface area contributed by atoms with Crippen LogP contribution >= 0.6 is 11.3 Å². The van der Waals surface area contributed by atoms with Gasteiger partial charge in [0.25, 0.3) is 0 Å². The van der Waals surface area contributed by atoms with E-state index in [2.05, 4.69) is 20.8 Å². The summed E-state index contributed by atoms with van der Waals surface area (Å²) in [5, 5.41) is 0. The number of hydrogen-bond donors (Lipinski definition) is 0. The Balaban J connectivity index is 1.88. The molecule has 1 fully saturated rings. The lowest BCUT2D eigenvalue weighted by molar-refractivity contribution is 0.0606. The molecule has 3 nitrogen and oxygen atoms in total. The molecule has 0 bridgehead atoms. The van der Waals surface area contributed by atoms with Crippen LogP contribution in [0.3, 0.4) is 0 Å². The largest absolute Gasteiger partial charge is 0.465 e. The highest BCUT2D eigenvalue weighted by atomic mass is 32.1. The standard InChI is InChI=1S/C17H25NO2S/c1-17(2,3)12-5-7-13(8-6-12)18-11-14-9-10-15(21-14)16(19)20-4/h9-13H,5-8H2,1-4H3/t12-,13-. The molecule has 1 aliphatic carbocycles. The van der Waals surface area contributed by atoms with Crippen LogP contribution in [0.5, 0.6) is 0 Å². The van der Waals surface area contributed by atoms with Crippen molar-refractivity contribution in [2.75, 3.05) is 7.11 Å². The minimum Gasteiger partial charge on any atom is -0.465 e. The molecule has 0 aromatic carbocycles. The van der Waals surface area contributed by atoms with Crippen molar-refractivity contribution >= 4 is 23.5 Å². The van der Waals surface area contributed by atoms with E-state index < -0.39 is 0 Å². The Labute approximate surface area is 131 Å². The molecule has 116 valence electrons. The van der Waals surface area contributed by atoms with Crippen LogP contribution in [0.4, 0.5) is 0 Å². The summed E-state index contributed by atoms with van der Waals surface area (Å²) in [7, 11) is 1.41. The van der Waals surface area contributed by atoms with E-state index in [-0.39, 0.29) is 5.97 Å². The van der Waals surface area contributed by atoms with Crippen molar-refractivity contribution in [3.05, 3.63) is 21.9 Å². The van der Waals surface area contributed by atoms with Crippen molar-refractivity contribution in [1.29, 1.82) is 0 Å². The van der Waals surface area contributed by atoms with Crippen molar-refractivity contribution < 1.29 is 9.53 Å². The number of rotatable bonds is 3. The Morgan fingerprint density at radius 1 is 1.29 bits per heavy atom. The summed E-state index contributed by atoms with van der Waals surface area (Å²) in [4.78, 5) is 17.8. The van der Waals surface area contributed by atoms with Gasteiger partial charge in [0.2, 0.25) is 0 Å². The molecule has 1 aliphatic rings. The maximum Gasteiger partial charge on any atom is 0.348 e. The molecule has 1 saturated carbocycles. The van der Waals surface area contributed by atoms with Gasteiger partial charge in [-0.2, -0.15) is 0 Å². The summed E-state index contributed by atoms with van der Waals surface area (Å²) in [6.45, 7) is 7.00. The van der Waals surface area contributed by atoms with Gasteiger partial charge in [0, 0.05) is 17.1 Å². The Morgan fingerprint density at radius 3 is 2.52 bits per heavy atom. The zero-order valence-electron chi connectivity index (χ0n) is 13.4. The van der Waals surface area contributed by atoms with Crippen molar-refractivity contribution in [1.82, 2.24) is 0 Å². The van der Waals surface area contributed by atoms with Crippen LogP contribution in [0.15, 0.2) is 17.1 Å². The van der Waals surface area contributed by atoms with Gasteiger partial charge in [-0.25, -0.2) is 4.79 Å². The first-order valence-electron chi connectivity index (χ1n) is 7.61. The lowest BCUT2D eigenvalue weighted by Gasteiger charge is -2.35. The number of thiophene rings is 1. The highest BCUT2D eigenvalue weighted by Gasteiger charge is 2.29. The first-order chi connectivity index (χ1) is 9.90. The van der Waals surface area contributed by atoms with Gasteiger partial charge in [-0.1, -0.05) is 20.8 Å². The number of carbonyl (C=O) groups excluding carboxylic acids is 1. The topological polar surface area (TPSA) is 38.7 Å². The molecule has 0 atom stereocenters. The molecule has 0 N–H and O–H groups in total. The van der Waals surface area contributed by atoms with Crippen LogP contribution in [-0.4, -0.2) is 25.3 Å². The molecule has 1 heterocycles. The Bertz CT molecular complexity index is 505. The maximum atomic E-state index is 11.4. The third-order valence-corrected chi connectivity index (χ3v) is 5.35. The minimum absolute atomic E-state index is 0.273. The van der Waals surface area contributed by atoms with Crippen LogP contribution in [0.25, 0.3) is 0 Å². The number of nitrogens with zero attached hydrogens (tertiary/aromatic N) is 1. The third kappa shape index (κ3) is 4.40. The highest BCUT2D eigenvalue weighted by Crippen LogP contribution is 2.38. The zero-order chi connectivity index (χ0) is 15.5. The van der Waals surface area contributed by atoms with Crippen LogP contribution < -0.4 is 0 Å². The van der Waals surface area contributed by atoms with E-state index in [4.69, 9.17) is 9.73 Å². The summed E-state index contributed by atoms with van der Waals surface area (Å²) in [5.74, 6) is 0.543. The zero-order valence-corrected chi connectivity index (χ0v) is 14.2. The predicted octanol–water partition coefficient (Wildman–Crippen LogP) is 4.56. The van der Waals surface area contributed by atoms with E-state index in [1.54, 1.807) is 6.07 Å². The summed E-state index contributed by atoms with van der Waals surface area (Å²) in [5.41, 5.74) is 0.415. The molecule has 4 heteroatoms. The quantitative estimate of drug-likeness (QED) is 0.606. The fourth-order valence-electron chi connectivity index (χ4n) is 2.90. The predicted molar refractivity (Wildman–Crippen MR) is 88.5 cm³/mol. The number of aliphatic imine (C=N–C) groups is 1. The van der Waals surface area contributed by atoms with Gasteiger partial charge in [-0.15, -0.1) is 11.3 Å². The summed E-state index contributed by atoms with van der Waals surface area (Å²) < 4.78 is 4.71. The van der Waals surface area contributed by atoms with E-state index in [1.807, 2.05) is 12.3 Å². The first kappa shape index (κ1) is 16.2. The molecule has 0 amide bonds. The highest BCUT2D eigenvalue weighted by molar-refractivity contribution is 7.15. The summed E-state index contributed by atoms with van der Waals surface area (Å²) >= 11 is 1.44. The lowest BCUT2D eigenvalue weighted by atomic mass is 9.71. The average Bonchev–Trinajstić information content (AvgIpc) is 2.92. The third-order valence-electron chi connectivity index (χ3n) is 4.35. The molecular weight excluding hydrogens is 282 g/mol. The van der Waals surface area contributed by atoms with Gasteiger partial charge in [0.1, 0.15) is 4.88 Å². The van der Waals surface area contributed by atoms with Gasteiger partial charge in [-0.05, 0) is 49.1 Å². The molecule has 1 aromatic heterocycles. The number of esters is 1.